The van der Waals surface area contributed by atoms with Crippen molar-refractivity contribution in [3.05, 3.63) is 42.5 Å². The predicted molar refractivity (Wildman–Crippen MR) is 77.5 cm³/mol. The molecule has 0 unspecified atom stereocenters. The van der Waals surface area contributed by atoms with E-state index < -0.39 is 0 Å². The normalized spacial score (nSPS) is 18.4. The van der Waals surface area contributed by atoms with Gasteiger partial charge in [-0.1, -0.05) is 24.3 Å². The van der Waals surface area contributed by atoms with Gasteiger partial charge >= 0.3 is 0 Å². The minimum absolute atomic E-state index is 0.453. The van der Waals surface area contributed by atoms with Gasteiger partial charge in [0, 0.05) is 18.3 Å². The Labute approximate surface area is 108 Å². The molecule has 0 fully saturated rings. The molecule has 1 aromatic carbocycles. The third-order valence-corrected chi connectivity index (χ3v) is 3.48. The summed E-state index contributed by atoms with van der Waals surface area (Å²) in [4.78, 5) is 2.22. The number of hydrogen-bond acceptors (Lipinski definition) is 1. The van der Waals surface area contributed by atoms with E-state index in [1.807, 2.05) is 6.08 Å². The van der Waals surface area contributed by atoms with Crippen molar-refractivity contribution in [1.29, 1.82) is 0 Å². The molecule has 0 saturated heterocycles. The average Bonchev–Trinajstić information content (AvgIpc) is 2.35. The van der Waals surface area contributed by atoms with Crippen LogP contribution in [-0.2, 0) is 6.42 Å². The molecule has 0 aliphatic carbocycles. The summed E-state index contributed by atoms with van der Waals surface area (Å²) in [7, 11) is 0. The van der Waals surface area contributed by atoms with Gasteiger partial charge in [0.05, 0.1) is 0 Å². The Bertz CT molecular complexity index is 428. The Morgan fingerprint density at radius 3 is 3.12 bits per heavy atom. The van der Waals surface area contributed by atoms with Crippen LogP contribution in [0.4, 0.5) is 5.69 Å². The Hall–Kier alpha value is -1.35. The Kier molecular flexibility index (Phi) is 3.79. The molecule has 0 bridgehead atoms. The molecular formula is C14H18N2S. The van der Waals surface area contributed by atoms with Crippen molar-refractivity contribution in [3.63, 3.8) is 0 Å². The SMILES string of the molecule is C=CCNC(=S)N1c2ccccc2CC[C@H]1C. The summed E-state index contributed by atoms with van der Waals surface area (Å²) in [5.74, 6) is 0. The molecule has 1 atom stereocenters. The Morgan fingerprint density at radius 1 is 1.59 bits per heavy atom. The zero-order valence-electron chi connectivity index (χ0n) is 10.1. The molecule has 0 radical (unpaired) electrons. The largest absolute Gasteiger partial charge is 0.359 e. The van der Waals surface area contributed by atoms with Gasteiger partial charge in [0.25, 0.3) is 0 Å². The Balaban J connectivity index is 2.26. The summed E-state index contributed by atoms with van der Waals surface area (Å²) in [6, 6.07) is 8.94. The van der Waals surface area contributed by atoms with Gasteiger partial charge in [0.15, 0.2) is 5.11 Å². The topological polar surface area (TPSA) is 15.3 Å². The molecule has 0 amide bonds. The summed E-state index contributed by atoms with van der Waals surface area (Å²) in [6.07, 6.45) is 4.11. The van der Waals surface area contributed by atoms with E-state index in [1.165, 1.54) is 11.3 Å². The van der Waals surface area contributed by atoms with Crippen LogP contribution in [0.3, 0.4) is 0 Å². The van der Waals surface area contributed by atoms with Crippen LogP contribution < -0.4 is 10.2 Å². The molecule has 1 N–H and O–H groups in total. The monoisotopic (exact) mass is 246 g/mol. The van der Waals surface area contributed by atoms with E-state index in [-0.39, 0.29) is 0 Å². The fourth-order valence-electron chi connectivity index (χ4n) is 2.24. The standard InChI is InChI=1S/C14H18N2S/c1-3-10-15-14(17)16-11(2)8-9-12-6-4-5-7-13(12)16/h3-7,11H,1,8-10H2,2H3,(H,15,17)/t11-/m1/s1. The van der Waals surface area contributed by atoms with Gasteiger partial charge in [-0.3, -0.25) is 0 Å². The van der Waals surface area contributed by atoms with E-state index in [0.717, 1.165) is 18.0 Å². The summed E-state index contributed by atoms with van der Waals surface area (Å²) in [5.41, 5.74) is 2.63. The van der Waals surface area contributed by atoms with Crippen molar-refractivity contribution < 1.29 is 0 Å². The number of para-hydroxylation sites is 1. The third-order valence-electron chi connectivity index (χ3n) is 3.14. The first-order valence-electron chi connectivity index (χ1n) is 6.00. The van der Waals surface area contributed by atoms with Crippen molar-refractivity contribution in [2.45, 2.75) is 25.8 Å². The molecule has 3 heteroatoms. The minimum atomic E-state index is 0.453. The quantitative estimate of drug-likeness (QED) is 0.638. The van der Waals surface area contributed by atoms with E-state index in [0.29, 0.717) is 12.6 Å². The number of nitrogens with zero attached hydrogens (tertiary/aromatic N) is 1. The lowest BCUT2D eigenvalue weighted by Gasteiger charge is -2.37. The highest BCUT2D eigenvalue weighted by Gasteiger charge is 2.25. The van der Waals surface area contributed by atoms with Gasteiger partial charge in [-0.15, -0.1) is 6.58 Å². The number of fused-ring (bicyclic) bond motifs is 1. The predicted octanol–water partition coefficient (Wildman–Crippen LogP) is 2.89. The van der Waals surface area contributed by atoms with Crippen molar-refractivity contribution >= 4 is 23.0 Å². The van der Waals surface area contributed by atoms with E-state index in [2.05, 4.69) is 48.0 Å². The van der Waals surface area contributed by atoms with E-state index in [1.54, 1.807) is 0 Å². The fraction of sp³-hybridized carbons (Fsp3) is 0.357. The number of nitrogens with one attached hydrogen (secondary N) is 1. The number of anilines is 1. The molecule has 1 heterocycles. The summed E-state index contributed by atoms with van der Waals surface area (Å²) in [6.45, 7) is 6.63. The molecule has 1 aliphatic rings. The van der Waals surface area contributed by atoms with Gasteiger partial charge in [-0.25, -0.2) is 0 Å². The number of hydrogen-bond donors (Lipinski definition) is 1. The molecule has 0 aromatic heterocycles. The highest BCUT2D eigenvalue weighted by molar-refractivity contribution is 7.80. The van der Waals surface area contributed by atoms with Gasteiger partial charge in [-0.05, 0) is 43.6 Å². The first-order valence-corrected chi connectivity index (χ1v) is 6.40. The second-order valence-corrected chi connectivity index (χ2v) is 4.75. The zero-order chi connectivity index (χ0) is 12.3. The van der Waals surface area contributed by atoms with Crippen molar-refractivity contribution in [3.8, 4) is 0 Å². The molecule has 2 rings (SSSR count). The molecule has 2 nitrogen and oxygen atoms in total. The zero-order valence-corrected chi connectivity index (χ0v) is 11.0. The lowest BCUT2D eigenvalue weighted by Crippen LogP contribution is -2.47. The van der Waals surface area contributed by atoms with Crippen molar-refractivity contribution in [2.75, 3.05) is 11.4 Å². The van der Waals surface area contributed by atoms with Gasteiger partial charge in [0.1, 0.15) is 0 Å². The maximum atomic E-state index is 5.46. The maximum Gasteiger partial charge on any atom is 0.173 e. The van der Waals surface area contributed by atoms with Crippen molar-refractivity contribution in [1.82, 2.24) is 5.32 Å². The van der Waals surface area contributed by atoms with Crippen LogP contribution in [0.1, 0.15) is 18.9 Å². The van der Waals surface area contributed by atoms with Gasteiger partial charge in [0.2, 0.25) is 0 Å². The summed E-state index contributed by atoms with van der Waals surface area (Å²) in [5, 5.41) is 4.01. The van der Waals surface area contributed by atoms with Gasteiger partial charge < -0.3 is 10.2 Å². The van der Waals surface area contributed by atoms with Crippen LogP contribution in [0.15, 0.2) is 36.9 Å². The van der Waals surface area contributed by atoms with E-state index in [9.17, 15) is 0 Å². The second-order valence-electron chi connectivity index (χ2n) is 4.36. The van der Waals surface area contributed by atoms with E-state index in [4.69, 9.17) is 12.2 Å². The van der Waals surface area contributed by atoms with E-state index >= 15 is 0 Å². The van der Waals surface area contributed by atoms with Crippen molar-refractivity contribution in [2.24, 2.45) is 0 Å². The Morgan fingerprint density at radius 2 is 2.35 bits per heavy atom. The molecule has 1 aromatic rings. The fourth-order valence-corrected chi connectivity index (χ4v) is 2.60. The summed E-state index contributed by atoms with van der Waals surface area (Å²) < 4.78 is 0. The highest BCUT2D eigenvalue weighted by atomic mass is 32.1. The van der Waals surface area contributed by atoms with Crippen LogP contribution >= 0.6 is 12.2 Å². The molecule has 0 saturated carbocycles. The lowest BCUT2D eigenvalue weighted by molar-refractivity contribution is 0.624. The number of thiocarbonyl (C=S) groups is 1. The molecular weight excluding hydrogens is 228 g/mol. The molecule has 0 spiro atoms. The van der Waals surface area contributed by atoms with Crippen LogP contribution in [0.2, 0.25) is 0 Å². The van der Waals surface area contributed by atoms with Crippen LogP contribution in [0, 0.1) is 0 Å². The lowest BCUT2D eigenvalue weighted by atomic mass is 9.97. The van der Waals surface area contributed by atoms with Crippen LogP contribution in [0.5, 0.6) is 0 Å². The molecule has 90 valence electrons. The van der Waals surface area contributed by atoms with Gasteiger partial charge in [-0.2, -0.15) is 0 Å². The highest BCUT2D eigenvalue weighted by Crippen LogP contribution is 2.30. The number of aryl methyl sites for hydroxylation is 1. The number of rotatable bonds is 2. The third kappa shape index (κ3) is 2.50. The second kappa shape index (κ2) is 5.32. The van der Waals surface area contributed by atoms with Crippen LogP contribution in [-0.4, -0.2) is 17.7 Å². The first-order chi connectivity index (χ1) is 8.24. The smallest absolute Gasteiger partial charge is 0.173 e. The molecule has 17 heavy (non-hydrogen) atoms. The maximum absolute atomic E-state index is 5.46. The average molecular weight is 246 g/mol. The number of benzene rings is 1. The summed E-state index contributed by atoms with van der Waals surface area (Å²) >= 11 is 5.46. The first kappa shape index (κ1) is 12.1. The minimum Gasteiger partial charge on any atom is -0.359 e. The van der Waals surface area contributed by atoms with Crippen LogP contribution in [0.25, 0.3) is 0 Å². The molecule has 1 aliphatic heterocycles.